The molecule has 4 rings (SSSR count). The third-order valence-electron chi connectivity index (χ3n) is 5.82. The van der Waals surface area contributed by atoms with E-state index in [1.807, 2.05) is 30.0 Å². The van der Waals surface area contributed by atoms with Crippen LogP contribution in [0.1, 0.15) is 15.9 Å². The fraction of sp³-hybridized carbons (Fsp3) is 0.240. The smallest absolute Gasteiger partial charge is 0.264 e. The average Bonchev–Trinajstić information content (AvgIpc) is 2.84. The van der Waals surface area contributed by atoms with Crippen molar-refractivity contribution in [2.45, 2.75) is 11.8 Å². The molecule has 3 aromatic carbocycles. The molecule has 1 aliphatic heterocycles. The average molecular weight is 450 g/mol. The molecule has 0 bridgehead atoms. The molecule has 1 amide bonds. The molecule has 32 heavy (non-hydrogen) atoms. The summed E-state index contributed by atoms with van der Waals surface area (Å²) in [4.78, 5) is 17.4. The summed E-state index contributed by atoms with van der Waals surface area (Å²) in [6.07, 6.45) is 0. The molecule has 3 aromatic rings. The predicted octanol–water partition coefficient (Wildman–Crippen LogP) is 3.78. The van der Waals surface area contributed by atoms with E-state index in [0.29, 0.717) is 24.3 Å². The highest BCUT2D eigenvalue weighted by atomic mass is 32.2. The van der Waals surface area contributed by atoms with Gasteiger partial charge in [0.2, 0.25) is 0 Å². The molecular formula is C25H27N3O3S. The molecule has 0 atom stereocenters. The van der Waals surface area contributed by atoms with Crippen molar-refractivity contribution in [3.63, 3.8) is 0 Å². The number of rotatable bonds is 5. The van der Waals surface area contributed by atoms with Crippen molar-refractivity contribution >= 4 is 27.3 Å². The quantitative estimate of drug-likeness (QED) is 0.595. The number of sulfonamides is 1. The molecule has 0 unspecified atom stereocenters. The Morgan fingerprint density at radius 3 is 2.16 bits per heavy atom. The summed E-state index contributed by atoms with van der Waals surface area (Å²) in [5.74, 6) is -0.0827. The van der Waals surface area contributed by atoms with Gasteiger partial charge in [0.05, 0.1) is 10.6 Å². The number of para-hydroxylation sites is 1. The molecule has 6 nitrogen and oxygen atoms in total. The van der Waals surface area contributed by atoms with Crippen molar-refractivity contribution < 1.29 is 13.2 Å². The van der Waals surface area contributed by atoms with Gasteiger partial charge in [-0.05, 0) is 49.4 Å². The van der Waals surface area contributed by atoms with Crippen LogP contribution in [0.3, 0.4) is 0 Å². The minimum Gasteiger partial charge on any atom is -0.368 e. The summed E-state index contributed by atoms with van der Waals surface area (Å²) in [7, 11) is -2.20. The number of piperazine rings is 1. The number of benzene rings is 3. The van der Waals surface area contributed by atoms with Crippen LogP contribution in [0.4, 0.5) is 11.4 Å². The van der Waals surface area contributed by atoms with Gasteiger partial charge < -0.3 is 9.80 Å². The second kappa shape index (κ2) is 9.04. The molecular weight excluding hydrogens is 422 g/mol. The molecule has 0 radical (unpaired) electrons. The topological polar surface area (TPSA) is 60.9 Å². The summed E-state index contributed by atoms with van der Waals surface area (Å²) in [5.41, 5.74) is 3.09. The number of amides is 1. The van der Waals surface area contributed by atoms with E-state index in [1.165, 1.54) is 11.4 Å². The summed E-state index contributed by atoms with van der Waals surface area (Å²) in [5, 5.41) is 0. The molecule has 0 N–H and O–H groups in total. The Hall–Kier alpha value is -3.32. The molecule has 1 aliphatic rings. The van der Waals surface area contributed by atoms with E-state index in [2.05, 4.69) is 17.0 Å². The Kier molecular flexibility index (Phi) is 6.19. The number of hydrogen-bond donors (Lipinski definition) is 0. The van der Waals surface area contributed by atoms with Gasteiger partial charge in [-0.3, -0.25) is 9.10 Å². The van der Waals surface area contributed by atoms with Crippen LogP contribution in [0.25, 0.3) is 0 Å². The minimum atomic E-state index is -3.71. The lowest BCUT2D eigenvalue weighted by Crippen LogP contribution is -2.48. The van der Waals surface area contributed by atoms with Gasteiger partial charge in [0.15, 0.2) is 0 Å². The molecule has 0 spiro atoms. The first kappa shape index (κ1) is 21.9. The lowest BCUT2D eigenvalue weighted by Gasteiger charge is -2.36. The van der Waals surface area contributed by atoms with Gasteiger partial charge in [-0.25, -0.2) is 8.42 Å². The second-order valence-corrected chi connectivity index (χ2v) is 9.92. The highest BCUT2D eigenvalue weighted by Gasteiger charge is 2.25. The standard InChI is InChI=1S/C25H27N3O3S/c1-20-11-13-24(14-12-20)32(30,31)26(2)23-10-6-7-21(19-23)25(29)28-17-15-27(16-18-28)22-8-4-3-5-9-22/h3-14,19H,15-18H2,1-2H3. The minimum absolute atomic E-state index is 0.0827. The van der Waals surface area contributed by atoms with Gasteiger partial charge >= 0.3 is 0 Å². The first-order valence-corrected chi connectivity index (χ1v) is 12.1. The molecule has 1 heterocycles. The van der Waals surface area contributed by atoms with Crippen molar-refractivity contribution in [2.75, 3.05) is 42.4 Å². The fourth-order valence-corrected chi connectivity index (χ4v) is 5.02. The van der Waals surface area contributed by atoms with Crippen molar-refractivity contribution in [3.05, 3.63) is 90.0 Å². The summed E-state index contributed by atoms with van der Waals surface area (Å²) in [6, 6.07) is 23.7. The maximum atomic E-state index is 13.1. The van der Waals surface area contributed by atoms with E-state index in [-0.39, 0.29) is 10.8 Å². The number of aryl methyl sites for hydroxylation is 1. The maximum absolute atomic E-state index is 13.1. The van der Waals surface area contributed by atoms with Crippen LogP contribution in [-0.4, -0.2) is 52.5 Å². The lowest BCUT2D eigenvalue weighted by atomic mass is 10.1. The van der Waals surface area contributed by atoms with Crippen LogP contribution in [0, 0.1) is 6.92 Å². The van der Waals surface area contributed by atoms with Gasteiger partial charge in [0.1, 0.15) is 0 Å². The Bertz CT molecular complexity index is 1190. The Morgan fingerprint density at radius 2 is 1.50 bits per heavy atom. The first-order valence-electron chi connectivity index (χ1n) is 10.6. The normalized spacial score (nSPS) is 14.3. The van der Waals surface area contributed by atoms with Crippen LogP contribution in [0.5, 0.6) is 0 Å². The van der Waals surface area contributed by atoms with Crippen LogP contribution in [-0.2, 0) is 10.0 Å². The maximum Gasteiger partial charge on any atom is 0.264 e. The van der Waals surface area contributed by atoms with Crippen LogP contribution in [0.15, 0.2) is 83.8 Å². The van der Waals surface area contributed by atoms with E-state index in [4.69, 9.17) is 0 Å². The molecule has 0 aromatic heterocycles. The fourth-order valence-electron chi connectivity index (χ4n) is 3.83. The number of anilines is 2. The zero-order valence-electron chi connectivity index (χ0n) is 18.3. The van der Waals surface area contributed by atoms with Crippen LogP contribution in [0.2, 0.25) is 0 Å². The molecule has 0 saturated carbocycles. The number of carbonyl (C=O) groups is 1. The number of hydrogen-bond acceptors (Lipinski definition) is 4. The van der Waals surface area contributed by atoms with E-state index in [0.717, 1.165) is 24.3 Å². The number of carbonyl (C=O) groups excluding carboxylic acids is 1. The van der Waals surface area contributed by atoms with Gasteiger partial charge in [-0.2, -0.15) is 0 Å². The molecule has 0 aliphatic carbocycles. The molecule has 1 saturated heterocycles. The molecule has 7 heteroatoms. The predicted molar refractivity (Wildman–Crippen MR) is 128 cm³/mol. The SMILES string of the molecule is Cc1ccc(S(=O)(=O)N(C)c2cccc(C(=O)N3CCN(c4ccccc4)CC3)c2)cc1. The van der Waals surface area contributed by atoms with Crippen molar-refractivity contribution in [2.24, 2.45) is 0 Å². The third-order valence-corrected chi connectivity index (χ3v) is 7.62. The van der Waals surface area contributed by atoms with E-state index in [9.17, 15) is 13.2 Å². The lowest BCUT2D eigenvalue weighted by molar-refractivity contribution is 0.0747. The summed E-state index contributed by atoms with van der Waals surface area (Å²) >= 11 is 0. The zero-order valence-corrected chi connectivity index (χ0v) is 19.1. The van der Waals surface area contributed by atoms with Gasteiger partial charge in [-0.15, -0.1) is 0 Å². The van der Waals surface area contributed by atoms with Crippen molar-refractivity contribution in [1.29, 1.82) is 0 Å². The molecule has 166 valence electrons. The zero-order chi connectivity index (χ0) is 22.7. The molecule has 1 fully saturated rings. The monoisotopic (exact) mass is 449 g/mol. The summed E-state index contributed by atoms with van der Waals surface area (Å²) < 4.78 is 27.3. The van der Waals surface area contributed by atoms with Crippen molar-refractivity contribution in [3.8, 4) is 0 Å². The van der Waals surface area contributed by atoms with E-state index in [1.54, 1.807) is 48.5 Å². The van der Waals surface area contributed by atoms with Crippen LogP contribution < -0.4 is 9.21 Å². The Balaban J connectivity index is 1.48. The van der Waals surface area contributed by atoms with E-state index < -0.39 is 10.0 Å². The van der Waals surface area contributed by atoms with Gasteiger partial charge in [0.25, 0.3) is 15.9 Å². The summed E-state index contributed by atoms with van der Waals surface area (Å²) in [6.45, 7) is 4.67. The second-order valence-electron chi connectivity index (χ2n) is 7.95. The van der Waals surface area contributed by atoms with Gasteiger partial charge in [-0.1, -0.05) is 42.0 Å². The third kappa shape index (κ3) is 4.48. The highest BCUT2D eigenvalue weighted by Crippen LogP contribution is 2.24. The van der Waals surface area contributed by atoms with Crippen molar-refractivity contribution in [1.82, 2.24) is 4.90 Å². The first-order chi connectivity index (χ1) is 15.4. The Morgan fingerprint density at radius 1 is 0.844 bits per heavy atom. The largest absolute Gasteiger partial charge is 0.368 e. The Labute approximate surface area is 189 Å². The van der Waals surface area contributed by atoms with E-state index >= 15 is 0 Å². The highest BCUT2D eigenvalue weighted by molar-refractivity contribution is 7.92. The number of nitrogens with zero attached hydrogens (tertiary/aromatic N) is 3. The van der Waals surface area contributed by atoms with Crippen LogP contribution >= 0.6 is 0 Å². The van der Waals surface area contributed by atoms with Gasteiger partial charge in [0, 0.05) is 44.5 Å².